The Morgan fingerprint density at radius 3 is 2.84 bits per heavy atom. The molecule has 3 heterocycles. The number of aliphatic carboxylic acids is 1. The average Bonchev–Trinajstić information content (AvgIpc) is 3.50. The van der Waals surface area contributed by atoms with Crippen LogP contribution in [0.3, 0.4) is 0 Å². The molecule has 1 saturated heterocycles. The molecule has 1 unspecified atom stereocenters. The minimum absolute atomic E-state index is 0.0927. The Morgan fingerprint density at radius 1 is 1.32 bits per heavy atom. The minimum atomic E-state index is -1.52. The summed E-state index contributed by atoms with van der Waals surface area (Å²) in [6.07, 6.45) is 11.2. The lowest BCUT2D eigenvalue weighted by atomic mass is 9.74. The zero-order chi connectivity index (χ0) is 26.2. The van der Waals surface area contributed by atoms with E-state index in [-0.39, 0.29) is 36.4 Å². The van der Waals surface area contributed by atoms with E-state index in [9.17, 15) is 19.1 Å². The molecule has 0 radical (unpaired) electrons. The highest BCUT2D eigenvalue weighted by atomic mass is 19.1. The number of hydrogen-bond donors (Lipinski definition) is 2. The molecular weight excluding hydrogens is 481 g/mol. The third-order valence-electron chi connectivity index (χ3n) is 6.65. The highest BCUT2D eigenvalue weighted by molar-refractivity contribution is 5.89. The maximum atomic E-state index is 14.0. The molecule has 2 aliphatic rings. The van der Waals surface area contributed by atoms with Crippen LogP contribution in [0.5, 0.6) is 0 Å². The molecule has 0 amide bonds. The Balaban J connectivity index is 1.54. The molecule has 1 fully saturated rings. The van der Waals surface area contributed by atoms with Crippen LogP contribution < -0.4 is 5.73 Å². The SMILES string of the molecule is C#C[C@]1(COC(=O)c2ccccc2)O[C@@H](n2cnc3c(N)nc(F)nc32)C[C@H]1C1=CC=CCC1C(=O)O. The van der Waals surface area contributed by atoms with Gasteiger partial charge >= 0.3 is 18.0 Å². The van der Waals surface area contributed by atoms with Crippen LogP contribution in [0.4, 0.5) is 10.2 Å². The van der Waals surface area contributed by atoms with E-state index in [1.807, 2.05) is 0 Å². The van der Waals surface area contributed by atoms with Gasteiger partial charge in [-0.15, -0.1) is 6.42 Å². The van der Waals surface area contributed by atoms with Gasteiger partial charge in [0.15, 0.2) is 22.6 Å². The summed E-state index contributed by atoms with van der Waals surface area (Å²) in [7, 11) is 0. The standard InChI is InChI=1S/C26H22FN5O5/c1-2-26(13-36-24(35)15-8-4-3-5-9-15)18(16-10-6-7-11-17(16)23(33)34)12-19(37-26)32-14-29-20-21(28)30-25(27)31-22(20)32/h1,3-10,14,17-19H,11-13H2,(H,33,34)(H2,28,30,31)/t17?,18-,19+,26+/m0/s1. The molecule has 0 saturated carbocycles. The van der Waals surface area contributed by atoms with Crippen LogP contribution in [0.15, 0.2) is 60.5 Å². The summed E-state index contributed by atoms with van der Waals surface area (Å²) in [5.74, 6) is -0.622. The van der Waals surface area contributed by atoms with E-state index in [2.05, 4.69) is 20.9 Å². The maximum absolute atomic E-state index is 14.0. The first-order valence-corrected chi connectivity index (χ1v) is 11.5. The van der Waals surface area contributed by atoms with Gasteiger partial charge in [-0.05, 0) is 24.1 Å². The number of rotatable bonds is 6. The van der Waals surface area contributed by atoms with Gasteiger partial charge in [-0.1, -0.05) is 42.3 Å². The Morgan fingerprint density at radius 2 is 2.11 bits per heavy atom. The first kappa shape index (κ1) is 24.1. The second kappa shape index (κ2) is 9.48. The zero-order valence-electron chi connectivity index (χ0n) is 19.5. The number of carboxylic acid groups (broad SMARTS) is 1. The molecule has 0 bridgehead atoms. The molecule has 10 nitrogen and oxygen atoms in total. The van der Waals surface area contributed by atoms with Gasteiger partial charge in [0.1, 0.15) is 12.8 Å². The predicted molar refractivity (Wildman–Crippen MR) is 129 cm³/mol. The van der Waals surface area contributed by atoms with E-state index in [1.54, 1.807) is 48.6 Å². The monoisotopic (exact) mass is 503 g/mol. The number of nitrogen functional groups attached to an aromatic ring is 1. The number of carbonyl (C=O) groups excluding carboxylic acids is 1. The minimum Gasteiger partial charge on any atom is -0.481 e. The number of allylic oxidation sites excluding steroid dienone is 3. The van der Waals surface area contributed by atoms with Crippen LogP contribution in [-0.2, 0) is 14.3 Å². The number of halogens is 1. The van der Waals surface area contributed by atoms with Crippen LogP contribution in [0.2, 0.25) is 0 Å². The second-order valence-electron chi connectivity index (χ2n) is 8.76. The van der Waals surface area contributed by atoms with E-state index in [1.165, 1.54) is 10.9 Å². The highest BCUT2D eigenvalue weighted by Gasteiger charge is 2.53. The van der Waals surface area contributed by atoms with Gasteiger partial charge in [-0.25, -0.2) is 9.78 Å². The molecule has 37 heavy (non-hydrogen) atoms. The number of carboxylic acids is 1. The first-order chi connectivity index (χ1) is 17.8. The van der Waals surface area contributed by atoms with Crippen LogP contribution in [0.25, 0.3) is 11.2 Å². The van der Waals surface area contributed by atoms with Gasteiger partial charge in [0, 0.05) is 12.3 Å². The van der Waals surface area contributed by atoms with Crippen molar-refractivity contribution in [3.05, 3.63) is 72.1 Å². The van der Waals surface area contributed by atoms with E-state index in [0.29, 0.717) is 11.1 Å². The number of fused-ring (bicyclic) bond motifs is 1. The molecule has 5 rings (SSSR count). The van der Waals surface area contributed by atoms with Gasteiger partial charge in [-0.2, -0.15) is 14.4 Å². The number of hydrogen-bond acceptors (Lipinski definition) is 8. The second-order valence-corrected chi connectivity index (χ2v) is 8.76. The fourth-order valence-electron chi connectivity index (χ4n) is 4.85. The number of benzene rings is 1. The normalized spacial score (nSPS) is 25.0. The summed E-state index contributed by atoms with van der Waals surface area (Å²) in [6, 6.07) is 8.37. The molecule has 0 spiro atoms. The third-order valence-corrected chi connectivity index (χ3v) is 6.65. The lowest BCUT2D eigenvalue weighted by Crippen LogP contribution is -2.42. The highest BCUT2D eigenvalue weighted by Crippen LogP contribution is 2.48. The van der Waals surface area contributed by atoms with Crippen molar-refractivity contribution in [2.75, 3.05) is 12.3 Å². The summed E-state index contributed by atoms with van der Waals surface area (Å²) >= 11 is 0. The molecule has 3 N–H and O–H groups in total. The van der Waals surface area contributed by atoms with Gasteiger partial charge in [-0.3, -0.25) is 9.36 Å². The number of nitrogens with zero attached hydrogens (tertiary/aromatic N) is 4. The summed E-state index contributed by atoms with van der Waals surface area (Å²) in [6.45, 7) is -0.343. The molecule has 2 aromatic heterocycles. The quantitative estimate of drug-likeness (QED) is 0.295. The van der Waals surface area contributed by atoms with Gasteiger partial charge in [0.25, 0.3) is 0 Å². The lowest BCUT2D eigenvalue weighted by molar-refractivity contribution is -0.140. The number of carbonyl (C=O) groups is 2. The third kappa shape index (κ3) is 4.32. The van der Waals surface area contributed by atoms with Crippen molar-refractivity contribution < 1.29 is 28.6 Å². The van der Waals surface area contributed by atoms with E-state index in [4.69, 9.17) is 21.6 Å². The van der Waals surface area contributed by atoms with Crippen molar-refractivity contribution >= 4 is 28.9 Å². The number of terminal acetylenes is 1. The zero-order valence-corrected chi connectivity index (χ0v) is 19.5. The number of anilines is 1. The van der Waals surface area contributed by atoms with E-state index >= 15 is 0 Å². The molecule has 1 aromatic carbocycles. The Hall–Kier alpha value is -4.56. The lowest BCUT2D eigenvalue weighted by Gasteiger charge is -2.33. The predicted octanol–water partition coefficient (Wildman–Crippen LogP) is 2.90. The largest absolute Gasteiger partial charge is 0.481 e. The van der Waals surface area contributed by atoms with Crippen LogP contribution in [-0.4, -0.2) is 48.8 Å². The number of nitrogens with two attached hydrogens (primary N) is 1. The summed E-state index contributed by atoms with van der Waals surface area (Å²) in [4.78, 5) is 36.3. The number of ether oxygens (including phenoxy) is 2. The fourth-order valence-corrected chi connectivity index (χ4v) is 4.85. The van der Waals surface area contributed by atoms with Crippen LogP contribution >= 0.6 is 0 Å². The molecular formula is C26H22FN5O5. The van der Waals surface area contributed by atoms with Crippen molar-refractivity contribution in [1.29, 1.82) is 0 Å². The van der Waals surface area contributed by atoms with Crippen molar-refractivity contribution in [2.45, 2.75) is 24.7 Å². The number of esters is 1. The smallest absolute Gasteiger partial charge is 0.338 e. The molecule has 1 aliphatic heterocycles. The van der Waals surface area contributed by atoms with E-state index < -0.39 is 41.7 Å². The van der Waals surface area contributed by atoms with Gasteiger partial charge < -0.3 is 20.3 Å². The number of aromatic nitrogens is 4. The average molecular weight is 503 g/mol. The molecule has 1 aliphatic carbocycles. The Labute approximate surface area is 210 Å². The van der Waals surface area contributed by atoms with Crippen molar-refractivity contribution in [3.63, 3.8) is 0 Å². The first-order valence-electron chi connectivity index (χ1n) is 11.5. The molecule has 4 atom stereocenters. The molecule has 11 heteroatoms. The summed E-state index contributed by atoms with van der Waals surface area (Å²) in [5, 5.41) is 9.89. The Bertz CT molecular complexity index is 1480. The van der Waals surface area contributed by atoms with E-state index in [0.717, 1.165) is 0 Å². The summed E-state index contributed by atoms with van der Waals surface area (Å²) in [5.41, 5.74) is 5.42. The van der Waals surface area contributed by atoms with Crippen LogP contribution in [0, 0.1) is 30.3 Å². The van der Waals surface area contributed by atoms with Crippen molar-refractivity contribution in [3.8, 4) is 12.3 Å². The van der Waals surface area contributed by atoms with Crippen LogP contribution in [0.1, 0.15) is 29.4 Å². The molecule has 3 aromatic rings. The Kier molecular flexibility index (Phi) is 6.19. The molecule has 188 valence electrons. The summed E-state index contributed by atoms with van der Waals surface area (Å²) < 4.78 is 27.4. The topological polar surface area (TPSA) is 142 Å². The van der Waals surface area contributed by atoms with Crippen molar-refractivity contribution in [1.82, 2.24) is 19.5 Å². The van der Waals surface area contributed by atoms with Crippen molar-refractivity contribution in [2.24, 2.45) is 11.8 Å². The fraction of sp³-hybridized carbons (Fsp3) is 0.269. The number of imidazole rings is 1. The maximum Gasteiger partial charge on any atom is 0.338 e. The van der Waals surface area contributed by atoms with Gasteiger partial charge in [0.2, 0.25) is 0 Å². The van der Waals surface area contributed by atoms with Gasteiger partial charge in [0.05, 0.1) is 17.8 Å².